The molecule has 0 N–H and O–H groups in total. The van der Waals surface area contributed by atoms with Crippen molar-refractivity contribution in [3.63, 3.8) is 0 Å². The summed E-state index contributed by atoms with van der Waals surface area (Å²) in [5.41, 5.74) is 2.00. The fraction of sp³-hybridized carbons (Fsp3) is 0.154. The van der Waals surface area contributed by atoms with E-state index in [9.17, 15) is 0 Å². The van der Waals surface area contributed by atoms with Gasteiger partial charge in [-0.15, -0.1) is 0 Å². The van der Waals surface area contributed by atoms with E-state index in [1.165, 1.54) is 5.56 Å². The lowest BCUT2D eigenvalue weighted by Crippen LogP contribution is -1.85. The fourth-order valence-electron chi connectivity index (χ4n) is 1.67. The topological polar surface area (TPSA) is 23.8 Å². The summed E-state index contributed by atoms with van der Waals surface area (Å²) in [4.78, 5) is 0. The van der Waals surface area contributed by atoms with Crippen molar-refractivity contribution in [1.82, 2.24) is 0 Å². The molecule has 0 aromatic heterocycles. The lowest BCUT2D eigenvalue weighted by molar-refractivity contribution is 1.14. The van der Waals surface area contributed by atoms with Gasteiger partial charge in [-0.1, -0.05) is 37.3 Å². The van der Waals surface area contributed by atoms with E-state index in [4.69, 9.17) is 5.26 Å². The van der Waals surface area contributed by atoms with E-state index in [1.807, 2.05) is 24.3 Å². The minimum atomic E-state index is 0.778. The summed E-state index contributed by atoms with van der Waals surface area (Å²) in [6.07, 6.45) is 0.972. The standard InChI is InChI=1S/C13H11N/c1-2-10-7-11-5-3-4-6-13(11)12(8-10)9-14/h3-8H,2H2,1H3. The number of rotatable bonds is 1. The third kappa shape index (κ3) is 1.36. The van der Waals surface area contributed by atoms with Crippen molar-refractivity contribution < 1.29 is 0 Å². The summed E-state index contributed by atoms with van der Waals surface area (Å²) < 4.78 is 0. The first-order chi connectivity index (χ1) is 6.85. The van der Waals surface area contributed by atoms with Crippen LogP contribution in [-0.4, -0.2) is 0 Å². The van der Waals surface area contributed by atoms with Gasteiger partial charge < -0.3 is 0 Å². The molecule has 0 unspecified atom stereocenters. The highest BCUT2D eigenvalue weighted by Crippen LogP contribution is 2.20. The Morgan fingerprint density at radius 3 is 2.71 bits per heavy atom. The van der Waals surface area contributed by atoms with E-state index in [0.29, 0.717) is 0 Å². The second-order valence-electron chi connectivity index (χ2n) is 3.33. The Labute approximate surface area is 83.6 Å². The van der Waals surface area contributed by atoms with Gasteiger partial charge in [-0.3, -0.25) is 0 Å². The molecule has 0 aliphatic carbocycles. The number of hydrogen-bond donors (Lipinski definition) is 0. The first-order valence-corrected chi connectivity index (χ1v) is 4.77. The fourth-order valence-corrected chi connectivity index (χ4v) is 1.67. The summed E-state index contributed by atoms with van der Waals surface area (Å²) in [5.74, 6) is 0. The Morgan fingerprint density at radius 2 is 2.00 bits per heavy atom. The van der Waals surface area contributed by atoms with Crippen molar-refractivity contribution in [2.45, 2.75) is 13.3 Å². The van der Waals surface area contributed by atoms with Gasteiger partial charge >= 0.3 is 0 Å². The maximum Gasteiger partial charge on any atom is 0.0998 e. The first kappa shape index (κ1) is 8.77. The minimum Gasteiger partial charge on any atom is -0.192 e. The monoisotopic (exact) mass is 181 g/mol. The number of hydrogen-bond acceptors (Lipinski definition) is 1. The normalized spacial score (nSPS) is 10.0. The highest BCUT2D eigenvalue weighted by atomic mass is 14.2. The van der Waals surface area contributed by atoms with E-state index in [1.54, 1.807) is 0 Å². The highest BCUT2D eigenvalue weighted by Gasteiger charge is 2.01. The second-order valence-corrected chi connectivity index (χ2v) is 3.33. The second kappa shape index (κ2) is 3.51. The summed E-state index contributed by atoms with van der Waals surface area (Å²) in [6.45, 7) is 2.10. The van der Waals surface area contributed by atoms with Gasteiger partial charge in [0.05, 0.1) is 11.6 Å². The number of benzene rings is 2. The maximum absolute atomic E-state index is 9.01. The van der Waals surface area contributed by atoms with E-state index in [2.05, 4.69) is 25.1 Å². The van der Waals surface area contributed by atoms with Crippen LogP contribution in [0, 0.1) is 11.3 Å². The van der Waals surface area contributed by atoms with Gasteiger partial charge in [0.25, 0.3) is 0 Å². The predicted molar refractivity (Wildman–Crippen MR) is 58.0 cm³/mol. The number of aryl methyl sites for hydroxylation is 1. The summed E-state index contributed by atoms with van der Waals surface area (Å²) in [7, 11) is 0. The lowest BCUT2D eigenvalue weighted by Gasteiger charge is -2.03. The molecule has 0 spiro atoms. The van der Waals surface area contributed by atoms with Gasteiger partial charge in [-0.05, 0) is 28.8 Å². The van der Waals surface area contributed by atoms with Gasteiger partial charge in [-0.25, -0.2) is 0 Å². The van der Waals surface area contributed by atoms with Crippen LogP contribution in [0.2, 0.25) is 0 Å². The molecule has 1 nitrogen and oxygen atoms in total. The number of fused-ring (bicyclic) bond motifs is 1. The highest BCUT2D eigenvalue weighted by molar-refractivity contribution is 5.88. The van der Waals surface area contributed by atoms with Gasteiger partial charge in [-0.2, -0.15) is 5.26 Å². The van der Waals surface area contributed by atoms with E-state index in [0.717, 1.165) is 22.8 Å². The Hall–Kier alpha value is -1.81. The predicted octanol–water partition coefficient (Wildman–Crippen LogP) is 3.27. The molecule has 2 aromatic rings. The van der Waals surface area contributed by atoms with E-state index >= 15 is 0 Å². The summed E-state index contributed by atoms with van der Waals surface area (Å²) in [6, 6.07) is 14.4. The largest absolute Gasteiger partial charge is 0.192 e. The van der Waals surface area contributed by atoms with Gasteiger partial charge in [0.15, 0.2) is 0 Å². The molecule has 0 atom stereocenters. The van der Waals surface area contributed by atoms with Crippen molar-refractivity contribution in [1.29, 1.82) is 5.26 Å². The van der Waals surface area contributed by atoms with Crippen LogP contribution in [0.15, 0.2) is 36.4 Å². The quantitative estimate of drug-likeness (QED) is 0.662. The number of nitriles is 1. The molecule has 0 heterocycles. The van der Waals surface area contributed by atoms with Crippen LogP contribution < -0.4 is 0 Å². The van der Waals surface area contributed by atoms with Crippen LogP contribution in [0.4, 0.5) is 0 Å². The molecule has 68 valence electrons. The lowest BCUT2D eigenvalue weighted by atomic mass is 10.0. The Morgan fingerprint density at radius 1 is 1.21 bits per heavy atom. The molecule has 0 fully saturated rings. The van der Waals surface area contributed by atoms with Crippen LogP contribution in [0.3, 0.4) is 0 Å². The van der Waals surface area contributed by atoms with Crippen LogP contribution in [-0.2, 0) is 6.42 Å². The maximum atomic E-state index is 9.01. The zero-order chi connectivity index (χ0) is 9.97. The third-order valence-electron chi connectivity index (χ3n) is 2.45. The average molecular weight is 181 g/mol. The van der Waals surface area contributed by atoms with Crippen molar-refractivity contribution in [2.75, 3.05) is 0 Å². The molecule has 0 aliphatic rings. The molecule has 0 saturated carbocycles. The zero-order valence-corrected chi connectivity index (χ0v) is 8.12. The van der Waals surface area contributed by atoms with Gasteiger partial charge in [0.1, 0.15) is 0 Å². The van der Waals surface area contributed by atoms with Crippen LogP contribution >= 0.6 is 0 Å². The first-order valence-electron chi connectivity index (χ1n) is 4.77. The Bertz CT molecular complexity index is 506. The van der Waals surface area contributed by atoms with Crippen LogP contribution in [0.25, 0.3) is 10.8 Å². The van der Waals surface area contributed by atoms with Crippen LogP contribution in [0.5, 0.6) is 0 Å². The van der Waals surface area contributed by atoms with E-state index < -0.39 is 0 Å². The van der Waals surface area contributed by atoms with Crippen molar-refractivity contribution in [3.8, 4) is 6.07 Å². The molecule has 2 rings (SSSR count). The third-order valence-corrected chi connectivity index (χ3v) is 2.45. The minimum absolute atomic E-state index is 0.778. The zero-order valence-electron chi connectivity index (χ0n) is 8.12. The summed E-state index contributed by atoms with van der Waals surface area (Å²) in [5, 5.41) is 11.2. The molecular formula is C13H11N. The molecule has 14 heavy (non-hydrogen) atoms. The molecule has 0 radical (unpaired) electrons. The molecule has 0 saturated heterocycles. The van der Waals surface area contributed by atoms with Gasteiger partial charge in [0, 0.05) is 0 Å². The molecule has 0 amide bonds. The molecule has 0 bridgehead atoms. The van der Waals surface area contributed by atoms with Crippen molar-refractivity contribution in [2.24, 2.45) is 0 Å². The average Bonchev–Trinajstić information content (AvgIpc) is 2.27. The van der Waals surface area contributed by atoms with Crippen molar-refractivity contribution >= 4 is 10.8 Å². The van der Waals surface area contributed by atoms with Crippen LogP contribution in [0.1, 0.15) is 18.1 Å². The van der Waals surface area contributed by atoms with Crippen molar-refractivity contribution in [3.05, 3.63) is 47.5 Å². The Kier molecular flexibility index (Phi) is 2.20. The molecule has 0 aliphatic heterocycles. The molecule has 2 aromatic carbocycles. The molecular weight excluding hydrogens is 170 g/mol. The summed E-state index contributed by atoms with van der Waals surface area (Å²) >= 11 is 0. The number of nitrogens with zero attached hydrogens (tertiary/aromatic N) is 1. The van der Waals surface area contributed by atoms with Gasteiger partial charge in [0.2, 0.25) is 0 Å². The molecule has 1 heteroatoms. The SMILES string of the molecule is CCc1cc(C#N)c2ccccc2c1. The smallest absolute Gasteiger partial charge is 0.0998 e. The van der Waals surface area contributed by atoms with E-state index in [-0.39, 0.29) is 0 Å². The Balaban J connectivity index is 2.82.